The Hall–Kier alpha value is -4.13. The van der Waals surface area contributed by atoms with Crippen molar-refractivity contribution in [3.8, 4) is 5.75 Å². The maximum atomic E-state index is 13.2. The topological polar surface area (TPSA) is 93.7 Å². The molecule has 3 aromatic rings. The summed E-state index contributed by atoms with van der Waals surface area (Å²) in [7, 11) is 1.54. The molecular weight excluding hydrogens is 444 g/mol. The summed E-state index contributed by atoms with van der Waals surface area (Å²) in [6.45, 7) is 3.62. The standard InChI is InChI=1S/C28H30N2O5/c1-19(2)25(30-24(31)17-20-11-6-4-7-12-20)28(33)35-26(21-13-8-5-9-14-21)27(32)29-22-15-10-16-23(18-22)34-3/h4-16,18-19,25-26H,17H2,1-3H3,(H,29,32)(H,30,31)/t25-,26?/m0/s1. The molecule has 7 nitrogen and oxygen atoms in total. The third kappa shape index (κ3) is 7.43. The first kappa shape index (κ1) is 25.5. The van der Waals surface area contributed by atoms with Crippen molar-refractivity contribution in [1.29, 1.82) is 0 Å². The third-order valence-electron chi connectivity index (χ3n) is 5.36. The number of nitrogens with one attached hydrogen (secondary N) is 2. The first-order valence-corrected chi connectivity index (χ1v) is 11.4. The highest BCUT2D eigenvalue weighted by atomic mass is 16.5. The van der Waals surface area contributed by atoms with Crippen LogP contribution < -0.4 is 15.4 Å². The highest BCUT2D eigenvalue weighted by Crippen LogP contribution is 2.23. The van der Waals surface area contributed by atoms with E-state index >= 15 is 0 Å². The van der Waals surface area contributed by atoms with Crippen molar-refractivity contribution in [3.05, 3.63) is 96.1 Å². The number of hydrogen-bond donors (Lipinski definition) is 2. The lowest BCUT2D eigenvalue weighted by atomic mass is 10.0. The summed E-state index contributed by atoms with van der Waals surface area (Å²) in [6, 6.07) is 24.0. The molecule has 0 aliphatic heterocycles. The highest BCUT2D eigenvalue weighted by molar-refractivity contribution is 5.97. The molecule has 2 amide bonds. The van der Waals surface area contributed by atoms with Crippen molar-refractivity contribution in [3.63, 3.8) is 0 Å². The van der Waals surface area contributed by atoms with Crippen molar-refractivity contribution >= 4 is 23.5 Å². The average molecular weight is 475 g/mol. The number of hydrogen-bond acceptors (Lipinski definition) is 5. The largest absolute Gasteiger partial charge is 0.497 e. The third-order valence-corrected chi connectivity index (χ3v) is 5.36. The fourth-order valence-electron chi connectivity index (χ4n) is 3.50. The zero-order valence-corrected chi connectivity index (χ0v) is 20.1. The molecule has 7 heteroatoms. The molecule has 0 aliphatic rings. The molecule has 0 spiro atoms. The van der Waals surface area contributed by atoms with Gasteiger partial charge >= 0.3 is 5.97 Å². The molecule has 2 N–H and O–H groups in total. The first-order valence-electron chi connectivity index (χ1n) is 11.4. The molecule has 0 aliphatic carbocycles. The summed E-state index contributed by atoms with van der Waals surface area (Å²) >= 11 is 0. The van der Waals surface area contributed by atoms with Crippen molar-refractivity contribution in [2.24, 2.45) is 5.92 Å². The predicted molar refractivity (Wildman–Crippen MR) is 134 cm³/mol. The number of rotatable bonds is 10. The fraction of sp³-hybridized carbons (Fsp3) is 0.250. The van der Waals surface area contributed by atoms with E-state index in [1.54, 1.807) is 48.5 Å². The van der Waals surface area contributed by atoms with Crippen molar-refractivity contribution in [2.45, 2.75) is 32.4 Å². The summed E-state index contributed by atoms with van der Waals surface area (Å²) in [6.07, 6.45) is -1.07. The fourth-order valence-corrected chi connectivity index (χ4v) is 3.50. The molecule has 182 valence electrons. The summed E-state index contributed by atoms with van der Waals surface area (Å²) in [5.74, 6) is -1.17. The molecule has 0 bridgehead atoms. The SMILES string of the molecule is COc1cccc(NC(=O)C(OC(=O)[C@@H](NC(=O)Cc2ccccc2)C(C)C)c2ccccc2)c1. The van der Waals surface area contributed by atoms with Gasteiger partial charge in [-0.05, 0) is 23.6 Å². The molecule has 0 saturated heterocycles. The van der Waals surface area contributed by atoms with Gasteiger partial charge in [0.1, 0.15) is 11.8 Å². The predicted octanol–water partition coefficient (Wildman–Crippen LogP) is 4.30. The van der Waals surface area contributed by atoms with Crippen LogP contribution in [0, 0.1) is 5.92 Å². The lowest BCUT2D eigenvalue weighted by Gasteiger charge is -2.24. The van der Waals surface area contributed by atoms with E-state index in [1.165, 1.54) is 7.11 Å². The Bertz CT molecular complexity index is 1130. The van der Waals surface area contributed by atoms with Crippen molar-refractivity contribution in [2.75, 3.05) is 12.4 Å². The lowest BCUT2D eigenvalue weighted by molar-refractivity contribution is -0.158. The van der Waals surface area contributed by atoms with Crippen LogP contribution in [0.25, 0.3) is 0 Å². The van der Waals surface area contributed by atoms with Crippen LogP contribution in [-0.2, 0) is 25.5 Å². The normalized spacial score (nSPS) is 12.3. The van der Waals surface area contributed by atoms with Gasteiger partial charge in [0.05, 0.1) is 13.5 Å². The number of carbonyl (C=O) groups excluding carboxylic acids is 3. The van der Waals surface area contributed by atoms with Crippen LogP contribution in [0.2, 0.25) is 0 Å². The molecule has 0 radical (unpaired) electrons. The van der Waals surface area contributed by atoms with Gasteiger partial charge in [0.2, 0.25) is 12.0 Å². The van der Waals surface area contributed by atoms with E-state index < -0.39 is 24.0 Å². The van der Waals surface area contributed by atoms with Gasteiger partial charge in [-0.15, -0.1) is 0 Å². The second-order valence-electron chi connectivity index (χ2n) is 8.40. The number of carbonyl (C=O) groups is 3. The maximum Gasteiger partial charge on any atom is 0.330 e. The van der Waals surface area contributed by atoms with E-state index in [2.05, 4.69) is 10.6 Å². The van der Waals surface area contributed by atoms with Gasteiger partial charge in [0, 0.05) is 17.3 Å². The quantitative estimate of drug-likeness (QED) is 0.427. The Morgan fingerprint density at radius 3 is 2.14 bits per heavy atom. The Balaban J connectivity index is 1.76. The van der Waals surface area contributed by atoms with E-state index in [0.29, 0.717) is 17.0 Å². The number of ether oxygens (including phenoxy) is 2. The van der Waals surface area contributed by atoms with Gasteiger partial charge in [-0.1, -0.05) is 80.6 Å². The van der Waals surface area contributed by atoms with Gasteiger partial charge < -0.3 is 20.1 Å². The molecule has 0 fully saturated rings. The highest BCUT2D eigenvalue weighted by Gasteiger charge is 2.32. The van der Waals surface area contributed by atoms with Gasteiger partial charge in [-0.25, -0.2) is 4.79 Å². The Morgan fingerprint density at radius 1 is 0.857 bits per heavy atom. The minimum absolute atomic E-state index is 0.135. The van der Waals surface area contributed by atoms with E-state index in [4.69, 9.17) is 9.47 Å². The monoisotopic (exact) mass is 474 g/mol. The Labute approximate surface area is 205 Å². The summed E-state index contributed by atoms with van der Waals surface area (Å²) in [5, 5.41) is 5.54. The van der Waals surface area contributed by atoms with Crippen molar-refractivity contribution in [1.82, 2.24) is 5.32 Å². The van der Waals surface area contributed by atoms with Crippen LogP contribution in [0.3, 0.4) is 0 Å². The molecule has 3 rings (SSSR count). The summed E-state index contributed by atoms with van der Waals surface area (Å²) in [5.41, 5.74) is 1.85. The van der Waals surface area contributed by atoms with Crippen LogP contribution >= 0.6 is 0 Å². The number of amides is 2. The van der Waals surface area contributed by atoms with E-state index in [0.717, 1.165) is 5.56 Å². The minimum atomic E-state index is -1.21. The van der Waals surface area contributed by atoms with Crippen LogP contribution in [-0.4, -0.2) is 30.9 Å². The molecule has 0 aromatic heterocycles. The molecule has 35 heavy (non-hydrogen) atoms. The number of esters is 1. The zero-order valence-electron chi connectivity index (χ0n) is 20.1. The molecule has 2 atom stereocenters. The van der Waals surface area contributed by atoms with Gasteiger partial charge in [0.15, 0.2) is 0 Å². The van der Waals surface area contributed by atoms with Gasteiger partial charge in [0.25, 0.3) is 5.91 Å². The van der Waals surface area contributed by atoms with E-state index in [-0.39, 0.29) is 18.2 Å². The zero-order chi connectivity index (χ0) is 25.2. The van der Waals surface area contributed by atoms with Gasteiger partial charge in [-0.2, -0.15) is 0 Å². The van der Waals surface area contributed by atoms with Crippen LogP contribution in [0.4, 0.5) is 5.69 Å². The second-order valence-corrected chi connectivity index (χ2v) is 8.40. The summed E-state index contributed by atoms with van der Waals surface area (Å²) in [4.78, 5) is 39.0. The van der Waals surface area contributed by atoms with Crippen molar-refractivity contribution < 1.29 is 23.9 Å². The lowest BCUT2D eigenvalue weighted by Crippen LogP contribution is -2.46. The van der Waals surface area contributed by atoms with Crippen LogP contribution in [0.1, 0.15) is 31.1 Å². The first-order chi connectivity index (χ1) is 16.9. The van der Waals surface area contributed by atoms with Crippen LogP contribution in [0.5, 0.6) is 5.75 Å². The number of methoxy groups -OCH3 is 1. The molecular formula is C28H30N2O5. The number of benzene rings is 3. The molecule has 3 aromatic carbocycles. The molecule has 1 unspecified atom stereocenters. The molecule has 0 heterocycles. The average Bonchev–Trinajstić information content (AvgIpc) is 2.86. The minimum Gasteiger partial charge on any atom is -0.497 e. The Morgan fingerprint density at radius 2 is 1.51 bits per heavy atom. The van der Waals surface area contributed by atoms with E-state index in [9.17, 15) is 14.4 Å². The summed E-state index contributed by atoms with van der Waals surface area (Å²) < 4.78 is 10.9. The Kier molecular flexibility index (Phi) is 9.01. The smallest absolute Gasteiger partial charge is 0.330 e. The number of anilines is 1. The van der Waals surface area contributed by atoms with Gasteiger partial charge in [-0.3, -0.25) is 9.59 Å². The van der Waals surface area contributed by atoms with Crippen LogP contribution in [0.15, 0.2) is 84.9 Å². The maximum absolute atomic E-state index is 13.2. The van der Waals surface area contributed by atoms with E-state index in [1.807, 2.05) is 50.2 Å². The molecule has 0 saturated carbocycles. The second kappa shape index (κ2) is 12.4.